The molecule has 3 amide bonds. The van der Waals surface area contributed by atoms with Gasteiger partial charge in [0.2, 0.25) is 0 Å². The maximum atomic E-state index is 11.7. The fraction of sp³-hybridized carbons (Fsp3) is 0.300. The molecular formula is C10H14ClN5O2. The minimum Gasteiger partial charge on any atom is -0.373 e. The van der Waals surface area contributed by atoms with Gasteiger partial charge in [-0.25, -0.2) is 9.78 Å². The molecule has 0 saturated heterocycles. The number of amides is 3. The van der Waals surface area contributed by atoms with Crippen molar-refractivity contribution >= 4 is 29.4 Å². The van der Waals surface area contributed by atoms with E-state index < -0.39 is 11.9 Å². The lowest BCUT2D eigenvalue weighted by Crippen LogP contribution is -2.37. The van der Waals surface area contributed by atoms with Crippen molar-refractivity contribution in [2.24, 2.45) is 5.73 Å². The van der Waals surface area contributed by atoms with E-state index in [4.69, 9.17) is 17.3 Å². The first-order chi connectivity index (χ1) is 8.54. The van der Waals surface area contributed by atoms with Gasteiger partial charge < -0.3 is 21.7 Å². The van der Waals surface area contributed by atoms with Crippen LogP contribution in [-0.4, -0.2) is 37.1 Å². The number of pyridine rings is 1. The number of carbonyl (C=O) groups is 2. The monoisotopic (exact) mass is 271 g/mol. The molecule has 0 bridgehead atoms. The predicted molar refractivity (Wildman–Crippen MR) is 68.7 cm³/mol. The van der Waals surface area contributed by atoms with Gasteiger partial charge in [-0.1, -0.05) is 11.6 Å². The summed E-state index contributed by atoms with van der Waals surface area (Å²) in [4.78, 5) is 26.2. The van der Waals surface area contributed by atoms with Crippen LogP contribution >= 0.6 is 11.6 Å². The van der Waals surface area contributed by atoms with Crippen molar-refractivity contribution in [1.82, 2.24) is 15.6 Å². The van der Waals surface area contributed by atoms with Crippen LogP contribution in [0.1, 0.15) is 10.5 Å². The van der Waals surface area contributed by atoms with Crippen LogP contribution in [0.4, 0.5) is 10.6 Å². The lowest BCUT2D eigenvalue weighted by Gasteiger charge is -2.07. The average Bonchev–Trinajstić information content (AvgIpc) is 2.34. The molecule has 0 aliphatic heterocycles. The normalized spacial score (nSPS) is 9.67. The second-order valence-electron chi connectivity index (χ2n) is 3.32. The highest BCUT2D eigenvalue weighted by Gasteiger charge is 2.12. The maximum absolute atomic E-state index is 11.7. The van der Waals surface area contributed by atoms with Crippen LogP contribution in [0.2, 0.25) is 5.02 Å². The van der Waals surface area contributed by atoms with Crippen molar-refractivity contribution in [2.45, 2.75) is 0 Å². The quantitative estimate of drug-likeness (QED) is 0.573. The number of rotatable bonds is 5. The predicted octanol–water partition coefficient (Wildman–Crippen LogP) is 0.175. The Kier molecular flexibility index (Phi) is 5.19. The zero-order chi connectivity index (χ0) is 13.5. The molecule has 0 aliphatic rings. The van der Waals surface area contributed by atoms with Crippen LogP contribution in [0.5, 0.6) is 0 Å². The van der Waals surface area contributed by atoms with E-state index in [2.05, 4.69) is 20.9 Å². The second-order valence-corrected chi connectivity index (χ2v) is 3.73. The number of hydrogen-bond acceptors (Lipinski definition) is 4. The Balaban J connectivity index is 2.58. The number of nitrogens with zero attached hydrogens (tertiary/aromatic N) is 1. The number of nitrogens with two attached hydrogens (primary N) is 1. The van der Waals surface area contributed by atoms with E-state index >= 15 is 0 Å². The minimum absolute atomic E-state index is 0.127. The van der Waals surface area contributed by atoms with Crippen LogP contribution in [-0.2, 0) is 0 Å². The topological polar surface area (TPSA) is 109 Å². The average molecular weight is 272 g/mol. The van der Waals surface area contributed by atoms with Crippen molar-refractivity contribution < 1.29 is 9.59 Å². The van der Waals surface area contributed by atoms with E-state index in [1.165, 1.54) is 0 Å². The summed E-state index contributed by atoms with van der Waals surface area (Å²) in [5, 5.41) is 7.98. The van der Waals surface area contributed by atoms with Crippen molar-refractivity contribution in [3.63, 3.8) is 0 Å². The molecule has 0 fully saturated rings. The lowest BCUT2D eigenvalue weighted by molar-refractivity contribution is 0.0949. The van der Waals surface area contributed by atoms with Gasteiger partial charge in [0.1, 0.15) is 11.5 Å². The first kappa shape index (κ1) is 14.0. The summed E-state index contributed by atoms with van der Waals surface area (Å²) in [5.74, 6) is 0.128. The molecule has 0 aromatic carbocycles. The number of aromatic nitrogens is 1. The summed E-state index contributed by atoms with van der Waals surface area (Å²) in [7, 11) is 1.69. The summed E-state index contributed by atoms with van der Waals surface area (Å²) >= 11 is 5.87. The Hall–Kier alpha value is -2.02. The summed E-state index contributed by atoms with van der Waals surface area (Å²) < 4.78 is 0. The standard InChI is InChI=1S/C10H14ClN5O2/c1-13-7-3-2-6(11)8(16-7)9(17)14-4-5-15-10(12)18/h2-3H,4-5H2,1H3,(H,13,16)(H,14,17)(H3,12,15,18). The Morgan fingerprint density at radius 2 is 2.00 bits per heavy atom. The smallest absolute Gasteiger partial charge is 0.312 e. The fourth-order valence-corrected chi connectivity index (χ4v) is 1.38. The number of halogens is 1. The molecule has 98 valence electrons. The van der Waals surface area contributed by atoms with E-state index in [1.54, 1.807) is 19.2 Å². The second kappa shape index (κ2) is 6.65. The van der Waals surface area contributed by atoms with Crippen molar-refractivity contribution in [2.75, 3.05) is 25.5 Å². The third-order valence-electron chi connectivity index (χ3n) is 2.03. The van der Waals surface area contributed by atoms with E-state index in [9.17, 15) is 9.59 Å². The molecule has 1 rings (SSSR count). The number of primary amides is 1. The van der Waals surface area contributed by atoms with Gasteiger partial charge in [-0.3, -0.25) is 4.79 Å². The third-order valence-corrected chi connectivity index (χ3v) is 2.33. The molecule has 1 aromatic heterocycles. The number of nitrogens with one attached hydrogen (secondary N) is 3. The number of anilines is 1. The summed E-state index contributed by atoms with van der Waals surface area (Å²) in [5.41, 5.74) is 5.01. The molecule has 5 N–H and O–H groups in total. The highest BCUT2D eigenvalue weighted by Crippen LogP contribution is 2.16. The molecule has 8 heteroatoms. The van der Waals surface area contributed by atoms with E-state index in [-0.39, 0.29) is 23.8 Å². The first-order valence-corrected chi connectivity index (χ1v) is 5.58. The molecule has 0 saturated carbocycles. The Morgan fingerprint density at radius 3 is 2.61 bits per heavy atom. The largest absolute Gasteiger partial charge is 0.373 e. The number of carbonyl (C=O) groups excluding carboxylic acids is 2. The molecule has 0 spiro atoms. The van der Waals surface area contributed by atoms with Crippen LogP contribution in [0, 0.1) is 0 Å². The van der Waals surface area contributed by atoms with Crippen molar-refractivity contribution in [1.29, 1.82) is 0 Å². The Bertz CT molecular complexity index is 452. The first-order valence-electron chi connectivity index (χ1n) is 5.20. The van der Waals surface area contributed by atoms with Crippen LogP contribution < -0.4 is 21.7 Å². The van der Waals surface area contributed by atoms with E-state index in [0.29, 0.717) is 5.82 Å². The molecule has 1 aromatic rings. The fourth-order valence-electron chi connectivity index (χ4n) is 1.19. The Morgan fingerprint density at radius 1 is 1.33 bits per heavy atom. The zero-order valence-electron chi connectivity index (χ0n) is 9.79. The molecule has 0 atom stereocenters. The van der Waals surface area contributed by atoms with Gasteiger partial charge in [-0.15, -0.1) is 0 Å². The molecule has 1 heterocycles. The van der Waals surface area contributed by atoms with Gasteiger partial charge in [-0.2, -0.15) is 0 Å². The SMILES string of the molecule is CNc1ccc(Cl)c(C(=O)NCCNC(N)=O)n1. The number of hydrogen-bond donors (Lipinski definition) is 4. The summed E-state index contributed by atoms with van der Waals surface area (Å²) in [6.07, 6.45) is 0. The van der Waals surface area contributed by atoms with Gasteiger partial charge in [0.05, 0.1) is 5.02 Å². The van der Waals surface area contributed by atoms with E-state index in [0.717, 1.165) is 0 Å². The molecule has 18 heavy (non-hydrogen) atoms. The Labute approximate surface area is 109 Å². The van der Waals surface area contributed by atoms with Gasteiger partial charge in [-0.05, 0) is 12.1 Å². The van der Waals surface area contributed by atoms with Crippen LogP contribution in [0.15, 0.2) is 12.1 Å². The zero-order valence-corrected chi connectivity index (χ0v) is 10.5. The summed E-state index contributed by atoms with van der Waals surface area (Å²) in [6, 6.07) is 2.60. The van der Waals surface area contributed by atoms with Gasteiger partial charge in [0.15, 0.2) is 0 Å². The van der Waals surface area contributed by atoms with E-state index in [1.807, 2.05) is 0 Å². The van der Waals surface area contributed by atoms with Crippen LogP contribution in [0.25, 0.3) is 0 Å². The molecule has 0 aliphatic carbocycles. The molecule has 0 unspecified atom stereocenters. The molecular weight excluding hydrogens is 258 g/mol. The summed E-state index contributed by atoms with van der Waals surface area (Å²) in [6.45, 7) is 0.480. The van der Waals surface area contributed by atoms with Gasteiger partial charge in [0, 0.05) is 20.1 Å². The highest BCUT2D eigenvalue weighted by atomic mass is 35.5. The van der Waals surface area contributed by atoms with Gasteiger partial charge in [0.25, 0.3) is 5.91 Å². The third kappa shape index (κ3) is 4.10. The van der Waals surface area contributed by atoms with Crippen molar-refractivity contribution in [3.05, 3.63) is 22.8 Å². The number of urea groups is 1. The molecule has 0 radical (unpaired) electrons. The van der Waals surface area contributed by atoms with Crippen LogP contribution in [0.3, 0.4) is 0 Å². The minimum atomic E-state index is -0.641. The van der Waals surface area contributed by atoms with Gasteiger partial charge >= 0.3 is 6.03 Å². The lowest BCUT2D eigenvalue weighted by atomic mass is 10.3. The molecule has 7 nitrogen and oxygen atoms in total. The maximum Gasteiger partial charge on any atom is 0.312 e. The van der Waals surface area contributed by atoms with Crippen molar-refractivity contribution in [3.8, 4) is 0 Å². The highest BCUT2D eigenvalue weighted by molar-refractivity contribution is 6.33.